The monoisotopic (exact) mass is 195 g/mol. The van der Waals surface area contributed by atoms with Crippen molar-refractivity contribution >= 4 is 0 Å². The van der Waals surface area contributed by atoms with Gasteiger partial charge >= 0.3 is 0 Å². The van der Waals surface area contributed by atoms with Crippen molar-refractivity contribution < 1.29 is 4.42 Å². The van der Waals surface area contributed by atoms with Crippen molar-refractivity contribution in [1.29, 1.82) is 0 Å². The molecule has 80 valence electrons. The first-order valence-electron chi connectivity index (χ1n) is 5.51. The third-order valence-corrected chi connectivity index (χ3v) is 2.29. The van der Waals surface area contributed by atoms with E-state index in [1.54, 1.807) is 12.5 Å². The molecule has 0 aliphatic heterocycles. The number of unbranched alkanes of at least 4 members (excludes halogenated alkanes) is 1. The lowest BCUT2D eigenvalue weighted by Gasteiger charge is -2.05. The molecule has 0 saturated carbocycles. The van der Waals surface area contributed by atoms with E-state index < -0.39 is 0 Å². The SMILES string of the molecule is CC(C)CCCCNCc1ccoc1. The van der Waals surface area contributed by atoms with Crippen LogP contribution >= 0.6 is 0 Å². The fourth-order valence-corrected chi connectivity index (χ4v) is 1.43. The summed E-state index contributed by atoms with van der Waals surface area (Å²) < 4.78 is 4.98. The van der Waals surface area contributed by atoms with Crippen LogP contribution in [-0.2, 0) is 6.54 Å². The highest BCUT2D eigenvalue weighted by Gasteiger charge is 1.95. The Kier molecular flexibility index (Phi) is 5.38. The van der Waals surface area contributed by atoms with Crippen LogP contribution in [0.4, 0.5) is 0 Å². The van der Waals surface area contributed by atoms with Crippen molar-refractivity contribution in [3.05, 3.63) is 24.2 Å². The van der Waals surface area contributed by atoms with E-state index in [1.807, 2.05) is 6.07 Å². The molecule has 0 spiro atoms. The van der Waals surface area contributed by atoms with Gasteiger partial charge in [-0.1, -0.05) is 26.7 Å². The maximum absolute atomic E-state index is 4.98. The van der Waals surface area contributed by atoms with Gasteiger partial charge in [-0.05, 0) is 24.9 Å². The average molecular weight is 195 g/mol. The Morgan fingerprint density at radius 2 is 2.21 bits per heavy atom. The normalized spacial score (nSPS) is 11.1. The number of nitrogens with one attached hydrogen (secondary N) is 1. The van der Waals surface area contributed by atoms with Gasteiger partial charge in [0.1, 0.15) is 0 Å². The fourth-order valence-electron chi connectivity index (χ4n) is 1.43. The Labute approximate surface area is 86.7 Å². The van der Waals surface area contributed by atoms with Crippen LogP contribution in [0, 0.1) is 5.92 Å². The second-order valence-electron chi connectivity index (χ2n) is 4.20. The maximum atomic E-state index is 4.98. The minimum atomic E-state index is 0.837. The minimum absolute atomic E-state index is 0.837. The number of hydrogen-bond donors (Lipinski definition) is 1. The topological polar surface area (TPSA) is 25.2 Å². The first-order valence-corrected chi connectivity index (χ1v) is 5.51. The Hall–Kier alpha value is -0.760. The molecule has 0 bridgehead atoms. The van der Waals surface area contributed by atoms with Gasteiger partial charge in [0.15, 0.2) is 0 Å². The smallest absolute Gasteiger partial charge is 0.0947 e. The van der Waals surface area contributed by atoms with Crippen LogP contribution in [0.2, 0.25) is 0 Å². The molecule has 0 aliphatic carbocycles. The van der Waals surface area contributed by atoms with Gasteiger partial charge in [0.25, 0.3) is 0 Å². The molecule has 1 aromatic rings. The molecule has 0 fully saturated rings. The summed E-state index contributed by atoms with van der Waals surface area (Å²) in [5.74, 6) is 0.837. The van der Waals surface area contributed by atoms with Crippen molar-refractivity contribution in [3.8, 4) is 0 Å². The van der Waals surface area contributed by atoms with E-state index in [2.05, 4.69) is 19.2 Å². The predicted octanol–water partition coefficient (Wildman–Crippen LogP) is 3.20. The summed E-state index contributed by atoms with van der Waals surface area (Å²) in [5.41, 5.74) is 1.23. The molecular formula is C12H21NO. The molecule has 2 heteroatoms. The molecule has 1 heterocycles. The molecule has 0 unspecified atom stereocenters. The van der Waals surface area contributed by atoms with Gasteiger partial charge < -0.3 is 9.73 Å². The summed E-state index contributed by atoms with van der Waals surface area (Å²) in [6.45, 7) is 6.59. The second kappa shape index (κ2) is 6.66. The molecule has 14 heavy (non-hydrogen) atoms. The summed E-state index contributed by atoms with van der Waals surface area (Å²) >= 11 is 0. The van der Waals surface area contributed by atoms with Gasteiger partial charge in [-0.3, -0.25) is 0 Å². The Morgan fingerprint density at radius 1 is 1.36 bits per heavy atom. The Balaban J connectivity index is 1.90. The molecule has 0 atom stereocenters. The van der Waals surface area contributed by atoms with Crippen molar-refractivity contribution in [2.45, 2.75) is 39.7 Å². The first-order chi connectivity index (χ1) is 6.79. The van der Waals surface area contributed by atoms with Crippen LogP contribution < -0.4 is 5.32 Å². The summed E-state index contributed by atoms with van der Waals surface area (Å²) in [6.07, 6.45) is 7.45. The summed E-state index contributed by atoms with van der Waals surface area (Å²) in [4.78, 5) is 0. The van der Waals surface area contributed by atoms with E-state index in [0.717, 1.165) is 19.0 Å². The predicted molar refractivity (Wildman–Crippen MR) is 59.1 cm³/mol. The average Bonchev–Trinajstić information content (AvgIpc) is 2.63. The highest BCUT2D eigenvalue weighted by Crippen LogP contribution is 2.05. The highest BCUT2D eigenvalue weighted by molar-refractivity contribution is 5.04. The van der Waals surface area contributed by atoms with Crippen molar-refractivity contribution in [2.75, 3.05) is 6.54 Å². The van der Waals surface area contributed by atoms with Crippen LogP contribution in [0.15, 0.2) is 23.0 Å². The van der Waals surface area contributed by atoms with E-state index in [4.69, 9.17) is 4.42 Å². The number of rotatable bonds is 7. The zero-order valence-electron chi connectivity index (χ0n) is 9.25. The van der Waals surface area contributed by atoms with Crippen LogP contribution in [0.25, 0.3) is 0 Å². The van der Waals surface area contributed by atoms with Crippen molar-refractivity contribution in [3.63, 3.8) is 0 Å². The fraction of sp³-hybridized carbons (Fsp3) is 0.667. The van der Waals surface area contributed by atoms with E-state index in [9.17, 15) is 0 Å². The Morgan fingerprint density at radius 3 is 2.86 bits per heavy atom. The van der Waals surface area contributed by atoms with Gasteiger partial charge in [-0.2, -0.15) is 0 Å². The molecule has 1 rings (SSSR count). The maximum Gasteiger partial charge on any atom is 0.0947 e. The van der Waals surface area contributed by atoms with Gasteiger partial charge in [0.05, 0.1) is 12.5 Å². The lowest BCUT2D eigenvalue weighted by molar-refractivity contribution is 0.518. The number of hydrogen-bond acceptors (Lipinski definition) is 2. The van der Waals surface area contributed by atoms with E-state index in [1.165, 1.54) is 24.8 Å². The minimum Gasteiger partial charge on any atom is -0.472 e. The zero-order valence-corrected chi connectivity index (χ0v) is 9.25. The molecular weight excluding hydrogens is 174 g/mol. The molecule has 1 N–H and O–H groups in total. The first kappa shape index (κ1) is 11.3. The largest absolute Gasteiger partial charge is 0.472 e. The van der Waals surface area contributed by atoms with Gasteiger partial charge in [-0.15, -0.1) is 0 Å². The summed E-state index contributed by atoms with van der Waals surface area (Å²) in [5, 5.41) is 3.40. The molecule has 0 amide bonds. The quantitative estimate of drug-likeness (QED) is 0.676. The highest BCUT2D eigenvalue weighted by atomic mass is 16.3. The third-order valence-electron chi connectivity index (χ3n) is 2.29. The molecule has 0 aromatic carbocycles. The van der Waals surface area contributed by atoms with E-state index in [0.29, 0.717) is 0 Å². The zero-order chi connectivity index (χ0) is 10.2. The third kappa shape index (κ3) is 5.07. The van der Waals surface area contributed by atoms with Gasteiger partial charge in [0.2, 0.25) is 0 Å². The summed E-state index contributed by atoms with van der Waals surface area (Å²) in [6, 6.07) is 2.00. The van der Waals surface area contributed by atoms with Crippen LogP contribution in [0.5, 0.6) is 0 Å². The van der Waals surface area contributed by atoms with Crippen molar-refractivity contribution in [2.24, 2.45) is 5.92 Å². The standard InChI is InChI=1S/C12H21NO/c1-11(2)5-3-4-7-13-9-12-6-8-14-10-12/h6,8,10-11,13H,3-5,7,9H2,1-2H3. The molecule has 0 saturated heterocycles. The van der Waals surface area contributed by atoms with Gasteiger partial charge in [-0.25, -0.2) is 0 Å². The lowest BCUT2D eigenvalue weighted by atomic mass is 10.1. The molecule has 2 nitrogen and oxygen atoms in total. The summed E-state index contributed by atoms with van der Waals surface area (Å²) in [7, 11) is 0. The van der Waals surface area contributed by atoms with Crippen LogP contribution in [0.1, 0.15) is 38.7 Å². The van der Waals surface area contributed by atoms with Crippen molar-refractivity contribution in [1.82, 2.24) is 5.32 Å². The second-order valence-corrected chi connectivity index (χ2v) is 4.20. The number of furan rings is 1. The Bertz CT molecular complexity index is 216. The molecule has 0 aliphatic rings. The van der Waals surface area contributed by atoms with E-state index >= 15 is 0 Å². The van der Waals surface area contributed by atoms with Gasteiger partial charge in [0, 0.05) is 12.1 Å². The molecule has 1 aromatic heterocycles. The van der Waals surface area contributed by atoms with Crippen LogP contribution in [-0.4, -0.2) is 6.54 Å². The lowest BCUT2D eigenvalue weighted by Crippen LogP contribution is -2.14. The molecule has 0 radical (unpaired) electrons. The van der Waals surface area contributed by atoms with Crippen LogP contribution in [0.3, 0.4) is 0 Å². The van der Waals surface area contributed by atoms with E-state index in [-0.39, 0.29) is 0 Å².